The molecule has 1 amide bonds. The van der Waals surface area contributed by atoms with Crippen molar-refractivity contribution in [3.63, 3.8) is 0 Å². The first-order valence-electron chi connectivity index (χ1n) is 8.52. The summed E-state index contributed by atoms with van der Waals surface area (Å²) >= 11 is 2.89. The van der Waals surface area contributed by atoms with Crippen molar-refractivity contribution in [3.8, 4) is 6.07 Å². The predicted molar refractivity (Wildman–Crippen MR) is 113 cm³/mol. The third kappa shape index (κ3) is 3.71. The molecule has 4 rings (SSSR count). The van der Waals surface area contributed by atoms with Crippen LogP contribution in [-0.4, -0.2) is 28.4 Å². The number of amides is 1. The maximum absolute atomic E-state index is 12.7. The Morgan fingerprint density at radius 2 is 2.11 bits per heavy atom. The van der Waals surface area contributed by atoms with Gasteiger partial charge in [-0.2, -0.15) is 5.26 Å². The fraction of sp³-hybridized carbons (Fsp3) is 0.316. The van der Waals surface area contributed by atoms with E-state index in [2.05, 4.69) is 35.1 Å². The van der Waals surface area contributed by atoms with Gasteiger partial charge in [0.15, 0.2) is 5.01 Å². The molecular formula is C19H19ClN4OS2. The van der Waals surface area contributed by atoms with Gasteiger partial charge >= 0.3 is 0 Å². The lowest BCUT2D eigenvalue weighted by Crippen LogP contribution is -2.35. The van der Waals surface area contributed by atoms with E-state index in [-0.39, 0.29) is 18.3 Å². The smallest absolute Gasteiger partial charge is 0.285 e. The topological polar surface area (TPSA) is 69.0 Å². The summed E-state index contributed by atoms with van der Waals surface area (Å²) in [6.07, 6.45) is 0.851. The van der Waals surface area contributed by atoms with Gasteiger partial charge in [0.05, 0.1) is 15.8 Å². The zero-order valence-electron chi connectivity index (χ0n) is 15.0. The number of benzene rings is 1. The molecule has 27 heavy (non-hydrogen) atoms. The standard InChI is InChI=1S/C19H18N4OS2.ClH/c1-11(2)23-8-7-12-13(9-20)18(26-16(12)10-23)22-17(24)19-21-14-5-3-4-6-15(14)25-19;/h3-6,11H,7-8,10H2,1-2H3,(H,22,24);1H. The van der Waals surface area contributed by atoms with E-state index < -0.39 is 0 Å². The van der Waals surface area contributed by atoms with Crippen molar-refractivity contribution in [1.29, 1.82) is 5.26 Å². The summed E-state index contributed by atoms with van der Waals surface area (Å²) in [6, 6.07) is 10.5. The van der Waals surface area contributed by atoms with Gasteiger partial charge in [-0.25, -0.2) is 4.98 Å². The van der Waals surface area contributed by atoms with Crippen molar-refractivity contribution >= 4 is 56.2 Å². The monoisotopic (exact) mass is 418 g/mol. The van der Waals surface area contributed by atoms with Crippen LogP contribution >= 0.6 is 35.1 Å². The Kier molecular flexibility index (Phi) is 5.82. The fourth-order valence-corrected chi connectivity index (χ4v) is 5.28. The number of fused-ring (bicyclic) bond motifs is 2. The average Bonchev–Trinajstić information content (AvgIpc) is 3.21. The first-order valence-corrected chi connectivity index (χ1v) is 10.2. The molecule has 0 fully saturated rings. The molecule has 0 aliphatic carbocycles. The molecule has 140 valence electrons. The molecule has 0 saturated heterocycles. The number of para-hydroxylation sites is 1. The quantitative estimate of drug-likeness (QED) is 0.671. The van der Waals surface area contributed by atoms with Crippen molar-refractivity contribution in [3.05, 3.63) is 45.3 Å². The molecule has 3 heterocycles. The minimum atomic E-state index is -0.248. The Morgan fingerprint density at radius 3 is 2.81 bits per heavy atom. The number of carbonyl (C=O) groups is 1. The highest BCUT2D eigenvalue weighted by molar-refractivity contribution is 7.20. The average molecular weight is 419 g/mol. The summed E-state index contributed by atoms with van der Waals surface area (Å²) in [4.78, 5) is 20.6. The number of hydrogen-bond donors (Lipinski definition) is 1. The third-order valence-electron chi connectivity index (χ3n) is 4.64. The molecule has 8 heteroatoms. The van der Waals surface area contributed by atoms with Crippen LogP contribution < -0.4 is 5.32 Å². The molecule has 0 saturated carbocycles. The van der Waals surface area contributed by atoms with Crippen LogP contribution in [0.4, 0.5) is 5.00 Å². The highest BCUT2D eigenvalue weighted by Gasteiger charge is 2.26. The minimum Gasteiger partial charge on any atom is -0.310 e. The van der Waals surface area contributed by atoms with Crippen molar-refractivity contribution in [2.75, 3.05) is 11.9 Å². The number of thiazole rings is 1. The van der Waals surface area contributed by atoms with Crippen LogP contribution in [-0.2, 0) is 13.0 Å². The van der Waals surface area contributed by atoms with Gasteiger partial charge in [0.1, 0.15) is 11.1 Å². The van der Waals surface area contributed by atoms with Gasteiger partial charge in [-0.05, 0) is 38.0 Å². The highest BCUT2D eigenvalue weighted by Crippen LogP contribution is 2.37. The fourth-order valence-electron chi connectivity index (χ4n) is 3.20. The Morgan fingerprint density at radius 1 is 1.33 bits per heavy atom. The van der Waals surface area contributed by atoms with E-state index >= 15 is 0 Å². The van der Waals surface area contributed by atoms with E-state index in [1.807, 2.05) is 24.3 Å². The van der Waals surface area contributed by atoms with Crippen LogP contribution in [0.1, 0.15) is 39.7 Å². The number of hydrogen-bond acceptors (Lipinski definition) is 6. The zero-order valence-corrected chi connectivity index (χ0v) is 17.4. The maximum Gasteiger partial charge on any atom is 0.285 e. The molecule has 0 atom stereocenters. The van der Waals surface area contributed by atoms with E-state index in [1.54, 1.807) is 0 Å². The molecular weight excluding hydrogens is 400 g/mol. The van der Waals surface area contributed by atoms with Crippen LogP contribution in [0, 0.1) is 11.3 Å². The van der Waals surface area contributed by atoms with Gasteiger partial charge in [0.25, 0.3) is 5.91 Å². The number of aromatic nitrogens is 1. The van der Waals surface area contributed by atoms with Crippen molar-refractivity contribution in [1.82, 2.24) is 9.88 Å². The Bertz CT molecular complexity index is 1000. The van der Waals surface area contributed by atoms with Gasteiger partial charge in [0.2, 0.25) is 0 Å². The van der Waals surface area contributed by atoms with Gasteiger partial charge in [0, 0.05) is 24.0 Å². The Labute approximate surface area is 172 Å². The Hall–Kier alpha value is -1.98. The van der Waals surface area contributed by atoms with Gasteiger partial charge in [-0.1, -0.05) is 12.1 Å². The van der Waals surface area contributed by atoms with E-state index in [1.165, 1.54) is 27.6 Å². The van der Waals surface area contributed by atoms with E-state index in [0.29, 0.717) is 21.6 Å². The maximum atomic E-state index is 12.7. The van der Waals surface area contributed by atoms with Gasteiger partial charge in [-0.3, -0.25) is 9.69 Å². The number of rotatable bonds is 3. The number of nitrogens with one attached hydrogen (secondary N) is 1. The summed E-state index contributed by atoms with van der Waals surface area (Å²) in [7, 11) is 0. The first kappa shape index (κ1) is 19.8. The molecule has 0 spiro atoms. The molecule has 0 bridgehead atoms. The zero-order chi connectivity index (χ0) is 18.3. The van der Waals surface area contributed by atoms with E-state index in [9.17, 15) is 10.1 Å². The summed E-state index contributed by atoms with van der Waals surface area (Å²) in [6.45, 7) is 6.14. The van der Waals surface area contributed by atoms with E-state index in [0.717, 1.165) is 35.3 Å². The first-order chi connectivity index (χ1) is 12.6. The van der Waals surface area contributed by atoms with Crippen molar-refractivity contribution in [2.24, 2.45) is 0 Å². The molecule has 0 unspecified atom stereocenters. The molecule has 5 nitrogen and oxygen atoms in total. The number of anilines is 1. The van der Waals surface area contributed by atoms with Crippen LogP contribution in [0.3, 0.4) is 0 Å². The largest absolute Gasteiger partial charge is 0.310 e. The number of thiophene rings is 1. The molecule has 1 aliphatic heterocycles. The van der Waals surface area contributed by atoms with Crippen molar-refractivity contribution < 1.29 is 4.79 Å². The van der Waals surface area contributed by atoms with Crippen LogP contribution in [0.25, 0.3) is 10.2 Å². The number of halogens is 1. The molecule has 1 aliphatic rings. The summed E-state index contributed by atoms with van der Waals surface area (Å²) in [5.41, 5.74) is 2.53. The second-order valence-corrected chi connectivity index (χ2v) is 8.71. The molecule has 1 N–H and O–H groups in total. The third-order valence-corrected chi connectivity index (χ3v) is 6.81. The predicted octanol–water partition coefficient (Wildman–Crippen LogP) is 4.67. The molecule has 0 radical (unpaired) electrons. The number of carbonyl (C=O) groups excluding carboxylic acids is 1. The molecule has 2 aromatic heterocycles. The summed E-state index contributed by atoms with van der Waals surface area (Å²) in [5.74, 6) is -0.248. The molecule has 1 aromatic carbocycles. The lowest BCUT2D eigenvalue weighted by Gasteiger charge is -2.30. The summed E-state index contributed by atoms with van der Waals surface area (Å²) < 4.78 is 0.983. The second kappa shape index (κ2) is 7.95. The lowest BCUT2D eigenvalue weighted by atomic mass is 10.0. The number of nitrogens with zero attached hydrogens (tertiary/aromatic N) is 3. The lowest BCUT2D eigenvalue weighted by molar-refractivity contribution is 0.102. The highest BCUT2D eigenvalue weighted by atomic mass is 35.5. The van der Waals surface area contributed by atoms with Gasteiger partial charge in [-0.15, -0.1) is 35.1 Å². The SMILES string of the molecule is CC(C)N1CCc2c(sc(NC(=O)c3nc4ccccc4s3)c2C#N)C1.Cl. The van der Waals surface area contributed by atoms with Gasteiger partial charge < -0.3 is 5.32 Å². The molecule has 3 aromatic rings. The van der Waals surface area contributed by atoms with Crippen LogP contribution in [0.15, 0.2) is 24.3 Å². The van der Waals surface area contributed by atoms with E-state index in [4.69, 9.17) is 0 Å². The second-order valence-electron chi connectivity index (χ2n) is 6.57. The van der Waals surface area contributed by atoms with Crippen LogP contribution in [0.2, 0.25) is 0 Å². The summed E-state index contributed by atoms with van der Waals surface area (Å²) in [5, 5.41) is 13.6. The Balaban J connectivity index is 0.00000210. The van der Waals surface area contributed by atoms with Crippen LogP contribution in [0.5, 0.6) is 0 Å². The minimum absolute atomic E-state index is 0. The number of nitriles is 1. The van der Waals surface area contributed by atoms with Crippen molar-refractivity contribution in [2.45, 2.75) is 32.9 Å². The normalized spacial score (nSPS) is 13.9.